The molecular formula is C24H27N2O3S2+. The molecule has 3 aromatic rings. The van der Waals surface area contributed by atoms with Gasteiger partial charge < -0.3 is 19.8 Å². The molecule has 0 bridgehead atoms. The van der Waals surface area contributed by atoms with E-state index >= 15 is 0 Å². The van der Waals surface area contributed by atoms with Crippen LogP contribution < -0.4 is 14.2 Å². The number of benzene rings is 2. The first kappa shape index (κ1) is 21.9. The molecule has 0 saturated carbocycles. The Morgan fingerprint density at radius 1 is 1.16 bits per heavy atom. The normalized spacial score (nSPS) is 15.2. The van der Waals surface area contributed by atoms with Crippen molar-refractivity contribution in [1.29, 1.82) is 0 Å². The van der Waals surface area contributed by atoms with Crippen LogP contribution in [0.15, 0.2) is 58.0 Å². The fraction of sp³-hybridized carbons (Fsp3) is 0.292. The molecule has 1 aliphatic rings. The molecule has 0 amide bonds. The minimum atomic E-state index is 0.0729. The number of aromatic nitrogens is 1. The largest absolute Gasteiger partial charge is 0.497 e. The minimum Gasteiger partial charge on any atom is -0.497 e. The van der Waals surface area contributed by atoms with Gasteiger partial charge in [0.05, 0.1) is 30.5 Å². The fourth-order valence-corrected chi connectivity index (χ4v) is 6.09. The Morgan fingerprint density at radius 3 is 2.74 bits per heavy atom. The number of nitrogens with zero attached hydrogens (tertiary/aromatic N) is 2. The maximum atomic E-state index is 9.61. The molecule has 162 valence electrons. The molecule has 0 aliphatic carbocycles. The van der Waals surface area contributed by atoms with Gasteiger partial charge in [0.1, 0.15) is 17.1 Å². The van der Waals surface area contributed by atoms with E-state index in [1.165, 1.54) is 10.5 Å². The summed E-state index contributed by atoms with van der Waals surface area (Å²) in [5.74, 6) is 0.807. The van der Waals surface area contributed by atoms with Crippen molar-refractivity contribution >= 4 is 45.1 Å². The second-order valence-electron chi connectivity index (χ2n) is 7.47. The van der Waals surface area contributed by atoms with E-state index in [4.69, 9.17) is 4.74 Å². The molecule has 31 heavy (non-hydrogen) atoms. The summed E-state index contributed by atoms with van der Waals surface area (Å²) in [5.41, 5.74) is 4.54. The molecule has 0 unspecified atom stereocenters. The first-order valence-electron chi connectivity index (χ1n) is 10.2. The lowest BCUT2D eigenvalue weighted by atomic mass is 10.2. The van der Waals surface area contributed by atoms with Crippen LogP contribution in [0.5, 0.6) is 5.75 Å². The third-order valence-electron chi connectivity index (χ3n) is 5.17. The van der Waals surface area contributed by atoms with Crippen LogP contribution in [-0.2, 0) is 6.54 Å². The van der Waals surface area contributed by atoms with Crippen molar-refractivity contribution in [3.8, 4) is 5.75 Å². The number of thiazole rings is 1. The number of hydrogen-bond acceptors (Lipinski definition) is 6. The molecule has 2 aromatic carbocycles. The number of β-amino-alcohol motifs (C(OH)–C–C–N with tert-alkyl or cyclic N) is 1. The molecule has 5 nitrogen and oxygen atoms in total. The van der Waals surface area contributed by atoms with Gasteiger partial charge in [-0.1, -0.05) is 29.2 Å². The average Bonchev–Trinajstić information content (AvgIpc) is 3.26. The molecule has 2 heterocycles. The summed E-state index contributed by atoms with van der Waals surface area (Å²) in [4.78, 5) is 3.39. The van der Waals surface area contributed by atoms with Crippen LogP contribution >= 0.6 is 23.1 Å². The lowest BCUT2D eigenvalue weighted by molar-refractivity contribution is -0.670. The topological polar surface area (TPSA) is 56.8 Å². The van der Waals surface area contributed by atoms with E-state index in [-0.39, 0.29) is 13.2 Å². The van der Waals surface area contributed by atoms with Gasteiger partial charge in [0, 0.05) is 17.5 Å². The van der Waals surface area contributed by atoms with Gasteiger partial charge in [-0.2, -0.15) is 4.57 Å². The quantitative estimate of drug-likeness (QED) is 0.519. The number of fused-ring (bicyclic) bond motifs is 2. The Balaban J connectivity index is 1.71. The number of aliphatic hydroxyl groups excluding tert-OH is 2. The number of ether oxygens (including phenoxy) is 1. The first-order chi connectivity index (χ1) is 15.0. The highest BCUT2D eigenvalue weighted by molar-refractivity contribution is 8.03. The zero-order valence-electron chi connectivity index (χ0n) is 18.0. The van der Waals surface area contributed by atoms with Crippen LogP contribution in [0.3, 0.4) is 0 Å². The number of aliphatic hydroxyl groups is 2. The summed E-state index contributed by atoms with van der Waals surface area (Å²) in [6.45, 7) is 5.44. The van der Waals surface area contributed by atoms with Gasteiger partial charge in [-0.25, -0.2) is 0 Å². The molecule has 1 aromatic heterocycles. The lowest BCUT2D eigenvalue weighted by Crippen LogP contribution is -2.36. The second-order valence-corrected chi connectivity index (χ2v) is 9.59. The van der Waals surface area contributed by atoms with Crippen LogP contribution in [0.4, 0.5) is 5.69 Å². The lowest BCUT2D eigenvalue weighted by Gasteiger charge is -2.19. The molecule has 0 saturated heterocycles. The highest BCUT2D eigenvalue weighted by Gasteiger charge is 2.25. The first-order valence-corrected chi connectivity index (χ1v) is 11.9. The van der Waals surface area contributed by atoms with Crippen LogP contribution in [0, 0.1) is 6.92 Å². The number of allylic oxidation sites excluding steroid dienone is 2. The highest BCUT2D eigenvalue weighted by Crippen LogP contribution is 2.46. The van der Waals surface area contributed by atoms with Crippen LogP contribution in [0.1, 0.15) is 17.5 Å². The smallest absolute Gasteiger partial charge is 0.263 e. The Morgan fingerprint density at radius 2 is 2.00 bits per heavy atom. The molecule has 2 N–H and O–H groups in total. The van der Waals surface area contributed by atoms with Crippen molar-refractivity contribution in [2.45, 2.75) is 25.3 Å². The monoisotopic (exact) mass is 455 g/mol. The molecule has 4 rings (SSSR count). The summed E-state index contributed by atoms with van der Waals surface area (Å²) in [5, 5.41) is 21.4. The molecule has 0 fully saturated rings. The maximum absolute atomic E-state index is 9.61. The number of hydrogen-bond donors (Lipinski definition) is 2. The minimum absolute atomic E-state index is 0.0729. The number of thioether (sulfide) groups is 1. The predicted octanol–water partition coefficient (Wildman–Crippen LogP) is 4.35. The summed E-state index contributed by atoms with van der Waals surface area (Å²) in [6.07, 6.45) is 4.33. The molecule has 0 spiro atoms. The fourth-order valence-electron chi connectivity index (χ4n) is 3.73. The molecular weight excluding hydrogens is 428 g/mol. The van der Waals surface area contributed by atoms with Crippen molar-refractivity contribution in [2.24, 2.45) is 0 Å². The third kappa shape index (κ3) is 4.50. The van der Waals surface area contributed by atoms with Crippen LogP contribution in [0.25, 0.3) is 16.3 Å². The predicted molar refractivity (Wildman–Crippen MR) is 129 cm³/mol. The van der Waals surface area contributed by atoms with Gasteiger partial charge in [0.15, 0.2) is 6.54 Å². The highest BCUT2D eigenvalue weighted by atomic mass is 32.2. The number of methoxy groups -OCH3 is 1. The van der Waals surface area contributed by atoms with Crippen molar-refractivity contribution in [2.75, 3.05) is 31.8 Å². The van der Waals surface area contributed by atoms with Crippen molar-refractivity contribution in [1.82, 2.24) is 0 Å². The van der Waals surface area contributed by atoms with Gasteiger partial charge in [-0.3, -0.25) is 0 Å². The van der Waals surface area contributed by atoms with E-state index in [0.717, 1.165) is 37.3 Å². The van der Waals surface area contributed by atoms with Gasteiger partial charge >= 0.3 is 0 Å². The number of anilines is 1. The van der Waals surface area contributed by atoms with Crippen molar-refractivity contribution in [3.63, 3.8) is 0 Å². The average molecular weight is 456 g/mol. The van der Waals surface area contributed by atoms with E-state index in [2.05, 4.69) is 59.7 Å². The number of rotatable bonds is 7. The van der Waals surface area contributed by atoms with E-state index in [1.807, 2.05) is 12.1 Å². The summed E-state index contributed by atoms with van der Waals surface area (Å²) >= 11 is 3.43. The zero-order chi connectivity index (χ0) is 22.0. The summed E-state index contributed by atoms with van der Waals surface area (Å²) < 4.78 is 8.67. The van der Waals surface area contributed by atoms with E-state index in [0.29, 0.717) is 13.1 Å². The molecule has 0 atom stereocenters. The number of aryl methyl sites for hydroxylation is 1. The second kappa shape index (κ2) is 9.44. The van der Waals surface area contributed by atoms with Gasteiger partial charge in [0.25, 0.3) is 5.01 Å². The van der Waals surface area contributed by atoms with Crippen LogP contribution in [0.2, 0.25) is 0 Å². The van der Waals surface area contributed by atoms with Gasteiger partial charge in [-0.05, 0) is 55.3 Å². The van der Waals surface area contributed by atoms with E-state index in [9.17, 15) is 10.2 Å². The molecule has 0 radical (unpaired) electrons. The van der Waals surface area contributed by atoms with Crippen LogP contribution in [-0.4, -0.2) is 37.1 Å². The standard InChI is InChI=1S/C24H27N2O3S2/c1-16-4-6-21-19(12-16)25(8-10-27)23(30-21)13-17(2)14-24-26(9-11-28)20-15-18(29-3)5-7-22(20)31-24/h4-7,12-15,27-28H,8-11H2,1-3H3/q+1. The Labute approximate surface area is 190 Å². The Bertz CT molecular complexity index is 1170. The van der Waals surface area contributed by atoms with Crippen molar-refractivity contribution in [3.05, 3.63) is 63.6 Å². The van der Waals surface area contributed by atoms with Gasteiger partial charge in [0.2, 0.25) is 5.52 Å². The van der Waals surface area contributed by atoms with Gasteiger partial charge in [-0.15, -0.1) is 0 Å². The molecule has 7 heteroatoms. The molecule has 1 aliphatic heterocycles. The summed E-state index contributed by atoms with van der Waals surface area (Å²) in [6, 6.07) is 12.5. The Hall–Kier alpha value is -2.32. The van der Waals surface area contributed by atoms with E-state index < -0.39 is 0 Å². The zero-order valence-corrected chi connectivity index (χ0v) is 19.6. The van der Waals surface area contributed by atoms with Crippen molar-refractivity contribution < 1.29 is 19.5 Å². The third-order valence-corrected chi connectivity index (χ3v) is 7.40. The Kier molecular flexibility index (Phi) is 6.67. The summed E-state index contributed by atoms with van der Waals surface area (Å²) in [7, 11) is 1.66. The maximum Gasteiger partial charge on any atom is 0.263 e. The SMILES string of the molecule is COc1ccc2sc(C=C(C)C=C3Sc4ccc(C)cc4N3CCO)[n+](CCO)c2c1. The van der Waals surface area contributed by atoms with E-state index in [1.54, 1.807) is 30.2 Å².